The van der Waals surface area contributed by atoms with E-state index in [0.717, 1.165) is 39.5 Å². The van der Waals surface area contributed by atoms with Crippen molar-refractivity contribution >= 4 is 68.6 Å². The Kier molecular flexibility index (Phi) is 11.6. The van der Waals surface area contributed by atoms with Gasteiger partial charge in [-0.3, -0.25) is 0 Å². The first kappa shape index (κ1) is 39.3. The van der Waals surface area contributed by atoms with E-state index in [9.17, 15) is 5.11 Å². The van der Waals surface area contributed by atoms with E-state index in [4.69, 9.17) is 4.74 Å². The second-order valence-electron chi connectivity index (χ2n) is 15.4. The molecule has 58 heavy (non-hydrogen) atoms. The predicted molar refractivity (Wildman–Crippen MR) is 252 cm³/mol. The van der Waals surface area contributed by atoms with Crippen molar-refractivity contribution in [2.24, 2.45) is 0 Å². The van der Waals surface area contributed by atoms with Gasteiger partial charge in [0, 0.05) is 11.1 Å². The van der Waals surface area contributed by atoms with Gasteiger partial charge in [-0.05, 0) is 116 Å². The lowest BCUT2D eigenvalue weighted by Crippen LogP contribution is -2.33. The number of rotatable bonds is 12. The third kappa shape index (κ3) is 7.73. The summed E-state index contributed by atoms with van der Waals surface area (Å²) >= 11 is 0. The molecule has 0 saturated carbocycles. The molecule has 0 unspecified atom stereocenters. The van der Waals surface area contributed by atoms with Gasteiger partial charge in [-0.15, -0.1) is 0 Å². The van der Waals surface area contributed by atoms with Crippen molar-refractivity contribution in [2.75, 3.05) is 6.61 Å². The van der Waals surface area contributed by atoms with Gasteiger partial charge in [0.2, 0.25) is 0 Å². The summed E-state index contributed by atoms with van der Waals surface area (Å²) in [5, 5.41) is 26.4. The van der Waals surface area contributed by atoms with Gasteiger partial charge in [0.1, 0.15) is 23.2 Å². The maximum Gasteiger partial charge on any atom is 0.139 e. The summed E-state index contributed by atoms with van der Waals surface area (Å²) < 4.78 is 6.09. The number of benzene rings is 8. The van der Waals surface area contributed by atoms with Crippen LogP contribution in [0, 0.1) is 27.7 Å². The molecule has 8 rings (SSSR count). The molecule has 0 aliphatic carbocycles. The maximum atomic E-state index is 14.5. The first-order valence-corrected chi connectivity index (χ1v) is 23.5. The lowest BCUT2D eigenvalue weighted by molar-refractivity contribution is -0.356. The zero-order valence-corrected chi connectivity index (χ0v) is 35.9. The van der Waals surface area contributed by atoms with Crippen molar-refractivity contribution in [1.29, 1.82) is 0 Å². The third-order valence-corrected chi connectivity index (χ3v) is 17.6. The van der Waals surface area contributed by atoms with Crippen LogP contribution in [0.15, 0.2) is 182 Å². The van der Waals surface area contributed by atoms with E-state index < -0.39 is 15.2 Å². The monoisotopic (exact) mass is 792 g/mol. The van der Waals surface area contributed by atoms with E-state index in [0.29, 0.717) is 6.61 Å². The number of hydrogen-bond acceptors (Lipinski definition) is 2. The molecule has 0 aliphatic rings. The van der Waals surface area contributed by atoms with Crippen LogP contribution in [-0.4, -0.2) is 6.61 Å². The van der Waals surface area contributed by atoms with Crippen LogP contribution in [0.4, 0.5) is 0 Å². The van der Waals surface area contributed by atoms with E-state index in [2.05, 4.69) is 204 Å². The zero-order chi connectivity index (χ0) is 40.2. The van der Waals surface area contributed by atoms with E-state index >= 15 is 0 Å². The Morgan fingerprint density at radius 1 is 0.534 bits per heavy atom. The highest BCUT2D eigenvalue weighted by Crippen LogP contribution is 2.60. The van der Waals surface area contributed by atoms with Crippen LogP contribution in [-0.2, 0) is 4.74 Å². The quantitative estimate of drug-likeness (QED) is 0.0701. The Balaban J connectivity index is 1.57. The summed E-state index contributed by atoms with van der Waals surface area (Å²) in [5.74, 6) is 1.70. The van der Waals surface area contributed by atoms with Gasteiger partial charge in [0.05, 0.1) is 11.8 Å². The molecule has 0 saturated heterocycles. The average Bonchev–Trinajstić information content (AvgIpc) is 3.24. The largest absolute Gasteiger partial charge is 0.611 e. The van der Waals surface area contributed by atoms with Gasteiger partial charge in [-0.1, -0.05) is 175 Å². The number of aryl methyl sites for hydroxylation is 4. The fraction of sp³-hybridized carbons (Fsp3) is 0.148. The molecule has 0 aliphatic heterocycles. The summed E-state index contributed by atoms with van der Waals surface area (Å²) in [7, 11) is -3.91. The molecule has 0 aromatic heterocycles. The summed E-state index contributed by atoms with van der Waals surface area (Å²) in [6.07, 6.45) is 1.77. The predicted octanol–water partition coefficient (Wildman–Crippen LogP) is 10.9. The summed E-state index contributed by atoms with van der Waals surface area (Å²) in [5.41, 5.74) is 7.22. The number of ether oxygens (including phenoxy) is 1. The minimum atomic E-state index is -2.88. The van der Waals surface area contributed by atoms with Gasteiger partial charge in [0.25, 0.3) is 0 Å². The van der Waals surface area contributed by atoms with Crippen molar-refractivity contribution < 1.29 is 9.84 Å². The van der Waals surface area contributed by atoms with Crippen molar-refractivity contribution in [1.82, 2.24) is 0 Å². The Morgan fingerprint density at radius 2 is 0.983 bits per heavy atom. The molecular formula is C54H50O2P2. The molecular weight excluding hydrogens is 743 g/mol. The van der Waals surface area contributed by atoms with Crippen molar-refractivity contribution in [3.63, 3.8) is 0 Å². The van der Waals surface area contributed by atoms with Crippen LogP contribution >= 0.6 is 15.2 Å². The zero-order valence-electron chi connectivity index (χ0n) is 34.1. The molecule has 288 valence electrons. The fourth-order valence-electron chi connectivity index (χ4n) is 8.06. The first-order chi connectivity index (χ1) is 28.3. The number of unbranched alkanes of at least 4 members (excludes halogenated alkanes) is 1. The summed E-state index contributed by atoms with van der Waals surface area (Å²) in [6.45, 7) is 11.1. The Bertz CT molecular complexity index is 2620. The lowest BCUT2D eigenvalue weighted by Gasteiger charge is -2.31. The SMILES string of the molecule is CCCCO/C([O-])=C/[P+](c1ccc(C)cc1)(c1ccc(C)cc1)c1ccc2ccccc2c1-c1c(P(c2ccc(C)cc2)c2ccc(C)cc2)ccc2ccccc12. The van der Waals surface area contributed by atoms with Gasteiger partial charge >= 0.3 is 0 Å². The Morgan fingerprint density at radius 3 is 1.48 bits per heavy atom. The first-order valence-electron chi connectivity index (χ1n) is 20.3. The normalized spacial score (nSPS) is 12.1. The molecule has 0 N–H and O–H groups in total. The topological polar surface area (TPSA) is 32.3 Å². The van der Waals surface area contributed by atoms with Gasteiger partial charge in [0.15, 0.2) is 0 Å². The minimum Gasteiger partial charge on any atom is -0.611 e. The minimum absolute atomic E-state index is 0.276. The Labute approximate surface area is 346 Å². The fourth-order valence-corrected chi connectivity index (χ4v) is 14.3. The standard InChI is InChI=1S/C54H50O2P2/c1-6-7-36-56-52(55)37-58(46-30-20-40(4)21-31-46,47-32-22-41(5)23-33-47)51-35-25-43-13-9-11-15-49(43)54(51)53-48-14-10-8-12-42(48)24-34-50(53)57(44-26-16-38(2)17-27-44)45-28-18-39(3)19-29-45/h8-35,37H,6-7,36H2,1-5H3/b52-37+. The number of hydrogen-bond donors (Lipinski definition) is 0. The average molecular weight is 793 g/mol. The van der Waals surface area contributed by atoms with Crippen molar-refractivity contribution in [3.05, 3.63) is 204 Å². The molecule has 0 atom stereocenters. The molecule has 2 nitrogen and oxygen atoms in total. The smallest absolute Gasteiger partial charge is 0.139 e. The second-order valence-corrected chi connectivity index (χ2v) is 20.8. The van der Waals surface area contributed by atoms with Crippen molar-refractivity contribution in [3.8, 4) is 11.1 Å². The van der Waals surface area contributed by atoms with Crippen LogP contribution in [0.1, 0.15) is 42.0 Å². The van der Waals surface area contributed by atoms with Crippen LogP contribution in [0.25, 0.3) is 32.7 Å². The molecule has 4 heteroatoms. The van der Waals surface area contributed by atoms with Gasteiger partial charge < -0.3 is 9.84 Å². The van der Waals surface area contributed by atoms with E-state index in [-0.39, 0.29) is 5.95 Å². The highest BCUT2D eigenvalue weighted by atomic mass is 31.2. The molecule has 0 heterocycles. The highest BCUT2D eigenvalue weighted by Gasteiger charge is 2.47. The van der Waals surface area contributed by atoms with Gasteiger partial charge in [-0.25, -0.2) is 0 Å². The van der Waals surface area contributed by atoms with Crippen LogP contribution in [0.2, 0.25) is 0 Å². The van der Waals surface area contributed by atoms with E-state index in [1.54, 1.807) is 0 Å². The summed E-state index contributed by atoms with van der Waals surface area (Å²) in [6, 6.07) is 62.8. The molecule has 0 bridgehead atoms. The molecule has 0 fully saturated rings. The molecule has 0 radical (unpaired) electrons. The number of fused-ring (bicyclic) bond motifs is 2. The van der Waals surface area contributed by atoms with Crippen LogP contribution < -0.4 is 36.9 Å². The summed E-state index contributed by atoms with van der Waals surface area (Å²) in [4.78, 5) is 0. The van der Waals surface area contributed by atoms with Crippen LogP contribution in [0.3, 0.4) is 0 Å². The van der Waals surface area contributed by atoms with Crippen LogP contribution in [0.5, 0.6) is 0 Å². The molecule has 0 spiro atoms. The maximum absolute atomic E-state index is 14.5. The van der Waals surface area contributed by atoms with Gasteiger partial charge in [-0.2, -0.15) is 0 Å². The molecule has 8 aromatic rings. The molecule has 8 aromatic carbocycles. The van der Waals surface area contributed by atoms with E-state index in [1.807, 2.05) is 5.82 Å². The highest BCUT2D eigenvalue weighted by molar-refractivity contribution is 7.98. The Hall–Kier alpha value is -5.52. The van der Waals surface area contributed by atoms with E-state index in [1.165, 1.54) is 60.1 Å². The lowest BCUT2D eigenvalue weighted by atomic mass is 9.93. The third-order valence-electron chi connectivity index (χ3n) is 11.2. The molecule has 0 amide bonds. The van der Waals surface area contributed by atoms with Crippen molar-refractivity contribution in [2.45, 2.75) is 47.5 Å². The second kappa shape index (κ2) is 17.1.